The van der Waals surface area contributed by atoms with Crippen LogP contribution in [-0.4, -0.2) is 12.6 Å². The Balaban J connectivity index is 2.59. The normalized spacial score (nSPS) is 15.4. The number of ether oxygens (including phenoxy) is 1. The zero-order valence-corrected chi connectivity index (χ0v) is 10.0. The van der Waals surface area contributed by atoms with E-state index in [0.717, 1.165) is 18.4 Å². The highest BCUT2D eigenvalue weighted by Crippen LogP contribution is 2.28. The summed E-state index contributed by atoms with van der Waals surface area (Å²) in [6, 6.07) is 2.11. The first-order valence-corrected chi connectivity index (χ1v) is 5.69. The Labute approximate surface area is 100 Å². The van der Waals surface area contributed by atoms with Crippen molar-refractivity contribution in [2.75, 3.05) is 6.61 Å². The highest BCUT2D eigenvalue weighted by molar-refractivity contribution is 6.29. The van der Waals surface area contributed by atoms with Crippen LogP contribution in [0.1, 0.15) is 32.6 Å². The SMILES string of the molecule is CCOC(=O)CCC1=C(C#N)C=C(Cl)CC1. The molecule has 0 bridgehead atoms. The van der Waals surface area contributed by atoms with Gasteiger partial charge in [-0.2, -0.15) is 5.26 Å². The number of allylic oxidation sites excluding steroid dienone is 4. The quantitative estimate of drug-likeness (QED) is 0.709. The second-order valence-corrected chi connectivity index (χ2v) is 4.01. The van der Waals surface area contributed by atoms with E-state index in [1.165, 1.54) is 0 Å². The second-order valence-electron chi connectivity index (χ2n) is 3.53. The molecule has 0 amide bonds. The van der Waals surface area contributed by atoms with E-state index in [-0.39, 0.29) is 5.97 Å². The molecule has 0 aromatic rings. The molecule has 86 valence electrons. The molecule has 0 radical (unpaired) electrons. The topological polar surface area (TPSA) is 50.1 Å². The molecular formula is C12H14ClNO2. The highest BCUT2D eigenvalue weighted by Gasteiger charge is 2.13. The number of esters is 1. The lowest BCUT2D eigenvalue weighted by Crippen LogP contribution is -2.05. The zero-order chi connectivity index (χ0) is 12.0. The Kier molecular flexibility index (Phi) is 5.07. The first-order valence-electron chi connectivity index (χ1n) is 5.31. The maximum Gasteiger partial charge on any atom is 0.306 e. The van der Waals surface area contributed by atoms with E-state index in [0.29, 0.717) is 30.1 Å². The van der Waals surface area contributed by atoms with E-state index >= 15 is 0 Å². The average molecular weight is 240 g/mol. The predicted molar refractivity (Wildman–Crippen MR) is 61.7 cm³/mol. The van der Waals surface area contributed by atoms with E-state index in [2.05, 4.69) is 6.07 Å². The number of nitriles is 1. The minimum Gasteiger partial charge on any atom is -0.466 e. The molecule has 0 aromatic heterocycles. The molecular weight excluding hydrogens is 226 g/mol. The van der Waals surface area contributed by atoms with Gasteiger partial charge in [-0.25, -0.2) is 0 Å². The molecule has 0 aromatic carbocycles. The summed E-state index contributed by atoms with van der Waals surface area (Å²) in [5, 5.41) is 9.63. The fourth-order valence-electron chi connectivity index (χ4n) is 1.59. The van der Waals surface area contributed by atoms with E-state index < -0.39 is 0 Å². The summed E-state index contributed by atoms with van der Waals surface area (Å²) in [6.07, 6.45) is 4.12. The van der Waals surface area contributed by atoms with Crippen LogP contribution in [0, 0.1) is 11.3 Å². The minimum atomic E-state index is -0.215. The van der Waals surface area contributed by atoms with Crippen molar-refractivity contribution in [2.45, 2.75) is 32.6 Å². The van der Waals surface area contributed by atoms with Gasteiger partial charge in [-0.15, -0.1) is 0 Å². The molecule has 16 heavy (non-hydrogen) atoms. The monoisotopic (exact) mass is 239 g/mol. The van der Waals surface area contributed by atoms with Crippen LogP contribution in [-0.2, 0) is 9.53 Å². The molecule has 0 saturated carbocycles. The van der Waals surface area contributed by atoms with Crippen molar-refractivity contribution in [1.29, 1.82) is 5.26 Å². The molecule has 0 unspecified atom stereocenters. The zero-order valence-electron chi connectivity index (χ0n) is 9.25. The molecule has 0 saturated heterocycles. The highest BCUT2D eigenvalue weighted by atomic mass is 35.5. The molecule has 0 spiro atoms. The van der Waals surface area contributed by atoms with E-state index in [1.807, 2.05) is 0 Å². The maximum absolute atomic E-state index is 11.2. The largest absolute Gasteiger partial charge is 0.466 e. The number of carbonyl (C=O) groups is 1. The molecule has 1 aliphatic rings. The summed E-state index contributed by atoms with van der Waals surface area (Å²) in [5.41, 5.74) is 1.60. The lowest BCUT2D eigenvalue weighted by atomic mass is 9.94. The van der Waals surface area contributed by atoms with Gasteiger partial charge in [0.25, 0.3) is 0 Å². The summed E-state index contributed by atoms with van der Waals surface area (Å²) < 4.78 is 4.84. The van der Waals surface area contributed by atoms with Crippen molar-refractivity contribution in [3.8, 4) is 6.07 Å². The van der Waals surface area contributed by atoms with Gasteiger partial charge in [-0.3, -0.25) is 4.79 Å². The van der Waals surface area contributed by atoms with Gasteiger partial charge in [0.1, 0.15) is 0 Å². The summed E-state index contributed by atoms with van der Waals surface area (Å²) in [6.45, 7) is 2.18. The second kappa shape index (κ2) is 6.34. The van der Waals surface area contributed by atoms with Crippen LogP contribution in [0.3, 0.4) is 0 Å². The Morgan fingerprint density at radius 1 is 1.62 bits per heavy atom. The van der Waals surface area contributed by atoms with Gasteiger partial charge in [0.2, 0.25) is 0 Å². The third-order valence-electron chi connectivity index (χ3n) is 2.40. The maximum atomic E-state index is 11.2. The van der Waals surface area contributed by atoms with E-state index in [9.17, 15) is 4.79 Å². The number of nitrogens with zero attached hydrogens (tertiary/aromatic N) is 1. The van der Waals surface area contributed by atoms with Gasteiger partial charge in [-0.05, 0) is 32.3 Å². The molecule has 0 fully saturated rings. The first-order chi connectivity index (χ1) is 7.67. The van der Waals surface area contributed by atoms with Crippen LogP contribution in [0.4, 0.5) is 0 Å². The Bertz CT molecular complexity index is 377. The van der Waals surface area contributed by atoms with Gasteiger partial charge in [-0.1, -0.05) is 17.2 Å². The van der Waals surface area contributed by atoms with Gasteiger partial charge < -0.3 is 4.74 Å². The number of hydrogen-bond donors (Lipinski definition) is 0. The van der Waals surface area contributed by atoms with Gasteiger partial charge in [0.15, 0.2) is 0 Å². The van der Waals surface area contributed by atoms with Gasteiger partial charge in [0.05, 0.1) is 18.2 Å². The average Bonchev–Trinajstić information content (AvgIpc) is 2.27. The summed E-state index contributed by atoms with van der Waals surface area (Å²) in [5.74, 6) is -0.215. The lowest BCUT2D eigenvalue weighted by molar-refractivity contribution is -0.143. The smallest absolute Gasteiger partial charge is 0.306 e. The molecule has 0 N–H and O–H groups in total. The summed E-state index contributed by atoms with van der Waals surface area (Å²) in [4.78, 5) is 11.2. The van der Waals surface area contributed by atoms with Gasteiger partial charge >= 0.3 is 5.97 Å². The van der Waals surface area contributed by atoms with Crippen molar-refractivity contribution in [3.63, 3.8) is 0 Å². The Morgan fingerprint density at radius 3 is 3.00 bits per heavy atom. The van der Waals surface area contributed by atoms with E-state index in [1.54, 1.807) is 13.0 Å². The minimum absolute atomic E-state index is 0.215. The molecule has 0 aliphatic heterocycles. The summed E-state index contributed by atoms with van der Waals surface area (Å²) >= 11 is 5.85. The fourth-order valence-corrected chi connectivity index (χ4v) is 1.80. The van der Waals surface area contributed by atoms with Crippen LogP contribution in [0.25, 0.3) is 0 Å². The fraction of sp³-hybridized carbons (Fsp3) is 0.500. The third-order valence-corrected chi connectivity index (χ3v) is 2.70. The van der Waals surface area contributed by atoms with Crippen LogP contribution in [0.5, 0.6) is 0 Å². The molecule has 3 nitrogen and oxygen atoms in total. The number of rotatable bonds is 4. The number of halogens is 1. The van der Waals surface area contributed by atoms with Crippen LogP contribution >= 0.6 is 11.6 Å². The van der Waals surface area contributed by atoms with Crippen LogP contribution in [0.2, 0.25) is 0 Å². The lowest BCUT2D eigenvalue weighted by Gasteiger charge is -2.13. The molecule has 0 atom stereocenters. The van der Waals surface area contributed by atoms with Crippen LogP contribution in [0.15, 0.2) is 22.3 Å². The van der Waals surface area contributed by atoms with Crippen molar-refractivity contribution in [1.82, 2.24) is 0 Å². The number of hydrogen-bond acceptors (Lipinski definition) is 3. The Hall–Kier alpha value is -1.27. The first kappa shape index (κ1) is 12.8. The third kappa shape index (κ3) is 3.71. The standard InChI is InChI=1S/C12H14ClNO2/c1-2-16-12(15)6-4-9-3-5-11(13)7-10(9)8-14/h7H,2-6H2,1H3. The van der Waals surface area contributed by atoms with E-state index in [4.69, 9.17) is 21.6 Å². The van der Waals surface area contributed by atoms with Gasteiger partial charge in [0, 0.05) is 11.5 Å². The number of carbonyl (C=O) groups excluding carboxylic acids is 1. The molecule has 4 heteroatoms. The van der Waals surface area contributed by atoms with Crippen molar-refractivity contribution < 1.29 is 9.53 Å². The molecule has 1 rings (SSSR count). The molecule has 0 heterocycles. The van der Waals surface area contributed by atoms with Crippen molar-refractivity contribution in [3.05, 3.63) is 22.3 Å². The summed E-state index contributed by atoms with van der Waals surface area (Å²) in [7, 11) is 0. The van der Waals surface area contributed by atoms with Crippen molar-refractivity contribution in [2.24, 2.45) is 0 Å². The Morgan fingerprint density at radius 2 is 2.38 bits per heavy atom. The molecule has 1 aliphatic carbocycles. The van der Waals surface area contributed by atoms with Crippen LogP contribution < -0.4 is 0 Å². The van der Waals surface area contributed by atoms with Crippen molar-refractivity contribution >= 4 is 17.6 Å². The predicted octanol–water partition coefficient (Wildman–Crippen LogP) is 3.07.